The maximum absolute atomic E-state index is 6.18. The molecule has 0 heterocycles. The van der Waals surface area contributed by atoms with Gasteiger partial charge < -0.3 is 11.5 Å². The van der Waals surface area contributed by atoms with Crippen LogP contribution in [0.2, 0.25) is 0 Å². The Balaban J connectivity index is 1.49. The summed E-state index contributed by atoms with van der Waals surface area (Å²) >= 11 is 0. The Morgan fingerprint density at radius 2 is 1.77 bits per heavy atom. The van der Waals surface area contributed by atoms with Gasteiger partial charge >= 0.3 is 0 Å². The monoisotopic (exact) mass is 304 g/mol. The Labute approximate surface area is 137 Å². The third kappa shape index (κ3) is 3.94. The topological polar surface area (TPSA) is 52.0 Å². The minimum atomic E-state index is 0.398. The van der Waals surface area contributed by atoms with Crippen molar-refractivity contribution in [2.45, 2.75) is 89.6 Å². The van der Waals surface area contributed by atoms with Gasteiger partial charge in [-0.2, -0.15) is 0 Å². The first kappa shape index (κ1) is 16.5. The summed E-state index contributed by atoms with van der Waals surface area (Å²) in [6.07, 6.45) is 17.6. The predicted octanol–water partition coefficient (Wildman–Crippen LogP) is 4.38. The zero-order valence-electron chi connectivity index (χ0n) is 14.5. The lowest BCUT2D eigenvalue weighted by molar-refractivity contribution is 0.178. The van der Waals surface area contributed by atoms with Gasteiger partial charge in [-0.05, 0) is 94.8 Å². The van der Waals surface area contributed by atoms with Gasteiger partial charge in [0, 0.05) is 12.1 Å². The van der Waals surface area contributed by atoms with E-state index in [1.54, 1.807) is 5.57 Å². The second-order valence-electron chi connectivity index (χ2n) is 8.47. The minimum Gasteiger partial charge on any atom is -0.328 e. The summed E-state index contributed by atoms with van der Waals surface area (Å²) in [5, 5.41) is 0. The van der Waals surface area contributed by atoms with E-state index in [2.05, 4.69) is 13.0 Å². The molecule has 22 heavy (non-hydrogen) atoms. The molecule has 0 aliphatic heterocycles. The molecule has 0 amide bonds. The Morgan fingerprint density at radius 1 is 1.00 bits per heavy atom. The molecule has 0 radical (unpaired) electrons. The lowest BCUT2D eigenvalue weighted by Crippen LogP contribution is -2.32. The second-order valence-corrected chi connectivity index (χ2v) is 8.47. The van der Waals surface area contributed by atoms with Crippen LogP contribution in [0.3, 0.4) is 0 Å². The third-order valence-corrected chi connectivity index (χ3v) is 6.95. The van der Waals surface area contributed by atoms with Gasteiger partial charge in [0.1, 0.15) is 0 Å². The molecule has 4 unspecified atom stereocenters. The van der Waals surface area contributed by atoms with Crippen LogP contribution in [0.5, 0.6) is 0 Å². The fourth-order valence-electron chi connectivity index (χ4n) is 5.38. The van der Waals surface area contributed by atoms with Crippen LogP contribution < -0.4 is 11.5 Å². The quantitative estimate of drug-likeness (QED) is 0.760. The summed E-state index contributed by atoms with van der Waals surface area (Å²) in [5.41, 5.74) is 14.0. The number of nitrogens with two attached hydrogens (primary N) is 2. The number of hydrogen-bond donors (Lipinski definition) is 2. The van der Waals surface area contributed by atoms with E-state index in [1.165, 1.54) is 70.6 Å². The van der Waals surface area contributed by atoms with Crippen molar-refractivity contribution in [1.82, 2.24) is 0 Å². The van der Waals surface area contributed by atoms with Crippen LogP contribution >= 0.6 is 0 Å². The Hall–Kier alpha value is -0.340. The van der Waals surface area contributed by atoms with Crippen molar-refractivity contribution >= 4 is 0 Å². The van der Waals surface area contributed by atoms with Gasteiger partial charge in [0.05, 0.1) is 0 Å². The largest absolute Gasteiger partial charge is 0.328 e. The Morgan fingerprint density at radius 3 is 2.36 bits per heavy atom. The summed E-state index contributed by atoms with van der Waals surface area (Å²) in [5.74, 6) is 3.53. The SMILES string of the molecule is CC(N)C1CCC(C2CC=C(C3CCCC(N)C3)CC2)CC1. The highest BCUT2D eigenvalue weighted by Gasteiger charge is 2.31. The average molecular weight is 305 g/mol. The molecule has 2 nitrogen and oxygen atoms in total. The van der Waals surface area contributed by atoms with Crippen molar-refractivity contribution in [3.8, 4) is 0 Å². The molecule has 0 aromatic heterocycles. The highest BCUT2D eigenvalue weighted by molar-refractivity contribution is 5.12. The molecule has 0 spiro atoms. The van der Waals surface area contributed by atoms with Crippen LogP contribution in [-0.2, 0) is 0 Å². The number of hydrogen-bond acceptors (Lipinski definition) is 2. The maximum atomic E-state index is 6.18. The zero-order valence-corrected chi connectivity index (χ0v) is 14.5. The first-order valence-corrected chi connectivity index (χ1v) is 9.83. The average Bonchev–Trinajstić information content (AvgIpc) is 2.55. The van der Waals surface area contributed by atoms with Crippen molar-refractivity contribution in [1.29, 1.82) is 0 Å². The molecule has 3 aliphatic carbocycles. The van der Waals surface area contributed by atoms with Gasteiger partial charge in [-0.1, -0.05) is 18.1 Å². The fourth-order valence-corrected chi connectivity index (χ4v) is 5.38. The van der Waals surface area contributed by atoms with Crippen molar-refractivity contribution in [2.75, 3.05) is 0 Å². The van der Waals surface area contributed by atoms with Crippen LogP contribution in [-0.4, -0.2) is 12.1 Å². The fraction of sp³-hybridized carbons (Fsp3) is 0.900. The zero-order chi connectivity index (χ0) is 15.5. The molecule has 4 atom stereocenters. The van der Waals surface area contributed by atoms with Crippen molar-refractivity contribution in [3.05, 3.63) is 11.6 Å². The lowest BCUT2D eigenvalue weighted by Gasteiger charge is -2.38. The number of allylic oxidation sites excluding steroid dienone is 2. The number of rotatable bonds is 3. The molecule has 0 aromatic carbocycles. The van der Waals surface area contributed by atoms with Gasteiger partial charge in [0.15, 0.2) is 0 Å². The second kappa shape index (κ2) is 7.49. The van der Waals surface area contributed by atoms with E-state index in [0.717, 1.165) is 23.7 Å². The van der Waals surface area contributed by atoms with E-state index in [4.69, 9.17) is 11.5 Å². The van der Waals surface area contributed by atoms with Crippen LogP contribution in [0, 0.1) is 23.7 Å². The summed E-state index contributed by atoms with van der Waals surface area (Å²) in [6, 6.07) is 0.861. The Kier molecular flexibility index (Phi) is 5.62. The van der Waals surface area contributed by atoms with E-state index in [-0.39, 0.29) is 0 Å². The molecule has 4 N–H and O–H groups in total. The molecule has 0 saturated heterocycles. The summed E-state index contributed by atoms with van der Waals surface area (Å²) in [6.45, 7) is 2.19. The van der Waals surface area contributed by atoms with Crippen LogP contribution in [0.15, 0.2) is 11.6 Å². The van der Waals surface area contributed by atoms with E-state index in [9.17, 15) is 0 Å². The smallest absolute Gasteiger partial charge is 0.00445 e. The van der Waals surface area contributed by atoms with Crippen LogP contribution in [0.25, 0.3) is 0 Å². The maximum Gasteiger partial charge on any atom is 0.00445 e. The first-order valence-electron chi connectivity index (χ1n) is 9.83. The third-order valence-electron chi connectivity index (χ3n) is 6.95. The molecule has 2 heteroatoms. The molecule has 0 bridgehead atoms. The van der Waals surface area contributed by atoms with Gasteiger partial charge in [-0.15, -0.1) is 0 Å². The molecule has 2 fully saturated rings. The van der Waals surface area contributed by atoms with Gasteiger partial charge in [0.25, 0.3) is 0 Å². The van der Waals surface area contributed by atoms with Crippen LogP contribution in [0.1, 0.15) is 77.6 Å². The van der Waals surface area contributed by atoms with E-state index in [0.29, 0.717) is 12.1 Å². The van der Waals surface area contributed by atoms with Crippen molar-refractivity contribution < 1.29 is 0 Å². The standard InChI is InChI=1S/C20H36N2/c1-14(21)15-5-7-16(8-6-15)17-9-11-18(12-10-17)19-3-2-4-20(22)13-19/h11,14-17,19-20H,2-10,12-13,21-22H2,1H3. The van der Waals surface area contributed by atoms with Crippen LogP contribution in [0.4, 0.5) is 0 Å². The molecule has 0 aromatic rings. The van der Waals surface area contributed by atoms with E-state index >= 15 is 0 Å². The molecule has 3 aliphatic rings. The summed E-state index contributed by atoms with van der Waals surface area (Å²) in [4.78, 5) is 0. The van der Waals surface area contributed by atoms with Gasteiger partial charge in [0.2, 0.25) is 0 Å². The van der Waals surface area contributed by atoms with Gasteiger partial charge in [-0.3, -0.25) is 0 Å². The predicted molar refractivity (Wildman–Crippen MR) is 94.5 cm³/mol. The minimum absolute atomic E-state index is 0.398. The Bertz CT molecular complexity index is 379. The highest BCUT2D eigenvalue weighted by atomic mass is 14.6. The summed E-state index contributed by atoms with van der Waals surface area (Å²) < 4.78 is 0. The molecular weight excluding hydrogens is 268 g/mol. The molecular formula is C20H36N2. The molecule has 2 saturated carbocycles. The lowest BCUT2D eigenvalue weighted by atomic mass is 9.68. The normalized spacial score (nSPS) is 41.8. The van der Waals surface area contributed by atoms with Crippen molar-refractivity contribution in [2.24, 2.45) is 35.1 Å². The molecule has 3 rings (SSSR count). The van der Waals surface area contributed by atoms with E-state index in [1.807, 2.05) is 0 Å². The van der Waals surface area contributed by atoms with E-state index < -0.39 is 0 Å². The highest BCUT2D eigenvalue weighted by Crippen LogP contribution is 2.42. The molecule has 126 valence electrons. The van der Waals surface area contributed by atoms with Crippen molar-refractivity contribution in [3.63, 3.8) is 0 Å². The summed E-state index contributed by atoms with van der Waals surface area (Å²) in [7, 11) is 0. The van der Waals surface area contributed by atoms with Gasteiger partial charge in [-0.25, -0.2) is 0 Å². The first-order chi connectivity index (χ1) is 10.6.